The zero-order valence-electron chi connectivity index (χ0n) is 23.2. The van der Waals surface area contributed by atoms with Crippen LogP contribution in [0.25, 0.3) is 0 Å². The summed E-state index contributed by atoms with van der Waals surface area (Å²) < 4.78 is 28.9. The molecule has 0 aliphatic carbocycles. The Balaban J connectivity index is 2.08. The van der Waals surface area contributed by atoms with E-state index < -0.39 is 34.1 Å². The number of nitrogens with one attached hydrogen (secondary N) is 1. The van der Waals surface area contributed by atoms with Gasteiger partial charge < -0.3 is 10.2 Å². The summed E-state index contributed by atoms with van der Waals surface area (Å²) in [6, 6.07) is 19.6. The lowest BCUT2D eigenvalue weighted by Crippen LogP contribution is -2.54. The molecule has 0 bridgehead atoms. The number of benzene rings is 3. The lowest BCUT2D eigenvalue weighted by molar-refractivity contribution is -0.140. The molecule has 1 N–H and O–H groups in total. The summed E-state index contributed by atoms with van der Waals surface area (Å²) in [6.45, 7) is 10.5. The highest BCUT2D eigenvalue weighted by Crippen LogP contribution is 2.30. The van der Waals surface area contributed by atoms with E-state index in [4.69, 9.17) is 11.6 Å². The summed E-state index contributed by atoms with van der Waals surface area (Å²) in [5.74, 6) is -0.852. The second-order valence-corrected chi connectivity index (χ2v) is 12.9. The van der Waals surface area contributed by atoms with Crippen LogP contribution in [0.3, 0.4) is 0 Å². The van der Waals surface area contributed by atoms with Gasteiger partial charge in [0.15, 0.2) is 0 Å². The minimum Gasteiger partial charge on any atom is -0.350 e. The number of amides is 2. The van der Waals surface area contributed by atoms with Crippen molar-refractivity contribution in [2.24, 2.45) is 0 Å². The fourth-order valence-corrected chi connectivity index (χ4v) is 5.77. The lowest BCUT2D eigenvalue weighted by atomic mass is 10.1. The number of aryl methyl sites for hydroxylation is 2. The summed E-state index contributed by atoms with van der Waals surface area (Å²) in [7, 11) is -4.15. The van der Waals surface area contributed by atoms with Crippen LogP contribution < -0.4 is 9.62 Å². The summed E-state index contributed by atoms with van der Waals surface area (Å²) in [5.41, 5.74) is 2.23. The molecule has 0 saturated carbocycles. The molecule has 3 aromatic rings. The lowest BCUT2D eigenvalue weighted by Gasteiger charge is -2.34. The number of nitrogens with zero attached hydrogens (tertiary/aromatic N) is 2. The minimum atomic E-state index is -4.15. The highest BCUT2D eigenvalue weighted by atomic mass is 35.5. The largest absolute Gasteiger partial charge is 0.350 e. The first-order valence-electron chi connectivity index (χ1n) is 12.7. The molecule has 0 spiro atoms. The van der Waals surface area contributed by atoms with Crippen LogP contribution in [0, 0.1) is 13.8 Å². The van der Waals surface area contributed by atoms with Crippen LogP contribution in [0.4, 0.5) is 5.69 Å². The van der Waals surface area contributed by atoms with Gasteiger partial charge in [0.25, 0.3) is 10.0 Å². The van der Waals surface area contributed by atoms with Crippen molar-refractivity contribution in [1.82, 2.24) is 10.2 Å². The standard InChI is InChI=1S/C30H36ClN3O4S/c1-21-12-10-11-13-24(21)19-33(23(3)29(36)32-30(4,5)6)28(35)20-34(27-18-25(31)17-16-22(27)2)39(37,38)26-14-8-7-9-15-26/h7-18,23H,19-20H2,1-6H3,(H,32,36)/t23-/m1/s1. The maximum atomic E-state index is 14.0. The van der Waals surface area contributed by atoms with Crippen molar-refractivity contribution in [3.05, 3.63) is 94.5 Å². The van der Waals surface area contributed by atoms with Crippen molar-refractivity contribution in [3.63, 3.8) is 0 Å². The van der Waals surface area contributed by atoms with Crippen LogP contribution in [-0.2, 0) is 26.2 Å². The summed E-state index contributed by atoms with van der Waals surface area (Å²) in [4.78, 5) is 28.7. The molecule has 0 heterocycles. The monoisotopic (exact) mass is 569 g/mol. The van der Waals surface area contributed by atoms with Gasteiger partial charge in [-0.1, -0.05) is 60.1 Å². The van der Waals surface area contributed by atoms with Gasteiger partial charge >= 0.3 is 0 Å². The first-order valence-corrected chi connectivity index (χ1v) is 14.5. The van der Waals surface area contributed by atoms with Gasteiger partial charge in [-0.25, -0.2) is 8.42 Å². The van der Waals surface area contributed by atoms with Gasteiger partial charge in [-0.3, -0.25) is 13.9 Å². The van der Waals surface area contributed by atoms with Gasteiger partial charge in [0.1, 0.15) is 12.6 Å². The van der Waals surface area contributed by atoms with Crippen molar-refractivity contribution >= 4 is 39.1 Å². The number of carbonyl (C=O) groups is 2. The molecular formula is C30H36ClN3O4S. The number of hydrogen-bond acceptors (Lipinski definition) is 4. The SMILES string of the molecule is Cc1ccccc1CN(C(=O)CN(c1cc(Cl)ccc1C)S(=O)(=O)c1ccccc1)[C@H](C)C(=O)NC(C)(C)C. The van der Waals surface area contributed by atoms with E-state index in [0.29, 0.717) is 16.3 Å². The summed E-state index contributed by atoms with van der Waals surface area (Å²) >= 11 is 6.26. The predicted molar refractivity (Wildman–Crippen MR) is 156 cm³/mol. The number of carbonyl (C=O) groups excluding carboxylic acids is 2. The summed E-state index contributed by atoms with van der Waals surface area (Å²) in [5, 5.41) is 3.27. The van der Waals surface area contributed by atoms with Gasteiger partial charge in [0, 0.05) is 17.1 Å². The van der Waals surface area contributed by atoms with E-state index in [2.05, 4.69) is 5.32 Å². The smallest absolute Gasteiger partial charge is 0.264 e. The molecule has 0 aliphatic heterocycles. The predicted octanol–water partition coefficient (Wildman–Crippen LogP) is 5.48. The van der Waals surface area contributed by atoms with E-state index >= 15 is 0 Å². The van der Waals surface area contributed by atoms with E-state index in [9.17, 15) is 18.0 Å². The molecule has 39 heavy (non-hydrogen) atoms. The molecule has 7 nitrogen and oxygen atoms in total. The Morgan fingerprint density at radius 3 is 2.15 bits per heavy atom. The molecule has 3 aromatic carbocycles. The Morgan fingerprint density at radius 1 is 0.923 bits per heavy atom. The van der Waals surface area contributed by atoms with Crippen molar-refractivity contribution in [2.45, 2.75) is 64.6 Å². The first-order chi connectivity index (χ1) is 18.2. The van der Waals surface area contributed by atoms with Crippen LogP contribution >= 0.6 is 11.6 Å². The van der Waals surface area contributed by atoms with Gasteiger partial charge in [0.05, 0.1) is 10.6 Å². The quantitative estimate of drug-likeness (QED) is 0.369. The second kappa shape index (κ2) is 12.2. The molecule has 0 radical (unpaired) electrons. The average Bonchev–Trinajstić information content (AvgIpc) is 2.87. The Hall–Kier alpha value is -3.36. The molecule has 2 amide bonds. The zero-order chi connectivity index (χ0) is 29.0. The van der Waals surface area contributed by atoms with E-state index in [1.54, 1.807) is 44.2 Å². The normalized spacial score (nSPS) is 12.5. The maximum absolute atomic E-state index is 14.0. The molecule has 9 heteroatoms. The van der Waals surface area contributed by atoms with Crippen LogP contribution in [-0.4, -0.2) is 43.3 Å². The van der Waals surface area contributed by atoms with Crippen molar-refractivity contribution < 1.29 is 18.0 Å². The zero-order valence-corrected chi connectivity index (χ0v) is 24.8. The Morgan fingerprint density at radius 2 is 1.54 bits per heavy atom. The van der Waals surface area contributed by atoms with Crippen LogP contribution in [0.15, 0.2) is 77.7 Å². The number of rotatable bonds is 9. The van der Waals surface area contributed by atoms with Gasteiger partial charge in [-0.15, -0.1) is 0 Å². The van der Waals surface area contributed by atoms with Crippen molar-refractivity contribution in [3.8, 4) is 0 Å². The molecule has 0 aliphatic rings. The molecule has 0 aromatic heterocycles. The molecule has 0 saturated heterocycles. The molecular weight excluding hydrogens is 534 g/mol. The fraction of sp³-hybridized carbons (Fsp3) is 0.333. The molecule has 0 fully saturated rings. The highest BCUT2D eigenvalue weighted by molar-refractivity contribution is 7.92. The van der Waals surface area contributed by atoms with E-state index in [1.165, 1.54) is 23.1 Å². The first kappa shape index (κ1) is 30.2. The Kier molecular flexibility index (Phi) is 9.46. The maximum Gasteiger partial charge on any atom is 0.264 e. The van der Waals surface area contributed by atoms with Gasteiger partial charge in [-0.2, -0.15) is 0 Å². The number of hydrogen-bond donors (Lipinski definition) is 1. The van der Waals surface area contributed by atoms with Crippen LogP contribution in [0.1, 0.15) is 44.4 Å². The van der Waals surface area contributed by atoms with Crippen LogP contribution in [0.2, 0.25) is 5.02 Å². The van der Waals surface area contributed by atoms with E-state index in [0.717, 1.165) is 15.4 Å². The third-order valence-corrected chi connectivity index (χ3v) is 8.33. The summed E-state index contributed by atoms with van der Waals surface area (Å²) in [6.07, 6.45) is 0. The van der Waals surface area contributed by atoms with Crippen molar-refractivity contribution in [1.29, 1.82) is 0 Å². The average molecular weight is 570 g/mol. The van der Waals surface area contributed by atoms with E-state index in [-0.39, 0.29) is 17.3 Å². The highest BCUT2D eigenvalue weighted by Gasteiger charge is 2.34. The van der Waals surface area contributed by atoms with Gasteiger partial charge in [0.2, 0.25) is 11.8 Å². The molecule has 208 valence electrons. The Bertz CT molecular complexity index is 1440. The van der Waals surface area contributed by atoms with Crippen molar-refractivity contribution in [2.75, 3.05) is 10.8 Å². The number of halogens is 1. The second-order valence-electron chi connectivity index (χ2n) is 10.6. The number of anilines is 1. The van der Waals surface area contributed by atoms with Gasteiger partial charge in [-0.05, 0) is 82.5 Å². The molecule has 3 rings (SSSR count). The van der Waals surface area contributed by atoms with Crippen LogP contribution in [0.5, 0.6) is 0 Å². The fourth-order valence-electron chi connectivity index (χ4n) is 4.11. The topological polar surface area (TPSA) is 86.8 Å². The Labute approximate surface area is 236 Å². The minimum absolute atomic E-state index is 0.0427. The van der Waals surface area contributed by atoms with E-state index in [1.807, 2.05) is 52.0 Å². The third-order valence-electron chi connectivity index (χ3n) is 6.32. The number of sulfonamides is 1. The molecule has 1 atom stereocenters. The third kappa shape index (κ3) is 7.61. The molecule has 0 unspecified atom stereocenters.